The van der Waals surface area contributed by atoms with Crippen molar-refractivity contribution in [1.29, 1.82) is 0 Å². The van der Waals surface area contributed by atoms with E-state index >= 15 is 0 Å². The van der Waals surface area contributed by atoms with Gasteiger partial charge in [0.1, 0.15) is 11.8 Å². The summed E-state index contributed by atoms with van der Waals surface area (Å²) in [5, 5.41) is -2.67. The third kappa shape index (κ3) is 4.01. The van der Waals surface area contributed by atoms with Crippen LogP contribution in [0.2, 0.25) is 0 Å². The maximum atomic E-state index is 12.6. The van der Waals surface area contributed by atoms with Crippen molar-refractivity contribution in [2.24, 2.45) is 0 Å². The Kier molecular flexibility index (Phi) is 4.86. The maximum absolute atomic E-state index is 12.6. The molecule has 0 bridgehead atoms. The molecule has 2 aromatic heterocycles. The predicted molar refractivity (Wildman–Crippen MR) is 76.8 cm³/mol. The monoisotopic (exact) mass is 369 g/mol. The van der Waals surface area contributed by atoms with Crippen molar-refractivity contribution in [3.8, 4) is 0 Å². The summed E-state index contributed by atoms with van der Waals surface area (Å²) < 4.78 is 55.4. The van der Waals surface area contributed by atoms with Gasteiger partial charge in [-0.05, 0) is 6.92 Å². The van der Waals surface area contributed by atoms with E-state index in [1.165, 1.54) is 17.2 Å². The minimum absolute atomic E-state index is 0.0274. The summed E-state index contributed by atoms with van der Waals surface area (Å²) in [4.78, 5) is 30.0. The second-order valence-corrected chi connectivity index (χ2v) is 7.26. The van der Waals surface area contributed by atoms with Crippen LogP contribution in [0.5, 0.6) is 0 Å². The van der Waals surface area contributed by atoms with E-state index in [9.17, 15) is 27.5 Å². The van der Waals surface area contributed by atoms with E-state index in [0.717, 1.165) is 6.92 Å². The molecule has 0 aromatic carbocycles. The fourth-order valence-corrected chi connectivity index (χ4v) is 2.68. The number of nitrogens with two attached hydrogens (primary N) is 1. The number of rotatable bonds is 6. The highest BCUT2D eigenvalue weighted by atomic mass is 31.2. The summed E-state index contributed by atoms with van der Waals surface area (Å²) >= 11 is 0. The van der Waals surface area contributed by atoms with Gasteiger partial charge in [0.05, 0.1) is 19.4 Å². The smallest absolute Gasteiger partial charge is 0.382 e. The molecule has 2 heterocycles. The first-order valence-corrected chi connectivity index (χ1v) is 8.22. The molecule has 0 aliphatic carbocycles. The largest absolute Gasteiger partial charge is 0.392 e. The molecule has 4 N–H and O–H groups in total. The van der Waals surface area contributed by atoms with Gasteiger partial charge in [-0.2, -0.15) is 13.2 Å². The number of hydrogen-bond acceptors (Lipinski definition) is 6. The lowest BCUT2D eigenvalue weighted by Crippen LogP contribution is -2.35. The lowest BCUT2D eigenvalue weighted by Gasteiger charge is -2.31. The first kappa shape index (κ1) is 18.6. The molecule has 134 valence electrons. The van der Waals surface area contributed by atoms with Crippen LogP contribution in [0.1, 0.15) is 13.3 Å². The van der Waals surface area contributed by atoms with Crippen LogP contribution in [-0.2, 0) is 15.8 Å². The molecule has 0 saturated heterocycles. The van der Waals surface area contributed by atoms with Crippen molar-refractivity contribution < 1.29 is 32.3 Å². The van der Waals surface area contributed by atoms with Crippen LogP contribution in [0.25, 0.3) is 11.2 Å². The third-order valence-electron chi connectivity index (χ3n) is 3.32. The standard InChI is InChI=1S/C11H15F3N5O4P/c1-10(24(20,21)22,4-11(12,13)14)23-3-2-19-6-18-7-8(15)16-5-17-9(7)19/h5-6H,2-4H2,1H3,(H2,15,16,17)(H2,20,21,22). The Bertz CT molecular complexity index is 777. The normalized spacial score (nSPS) is 15.6. The molecule has 0 aliphatic heterocycles. The number of alkyl halides is 3. The van der Waals surface area contributed by atoms with E-state index in [4.69, 9.17) is 10.5 Å². The topological polar surface area (TPSA) is 136 Å². The number of imidazole rings is 1. The molecule has 0 amide bonds. The summed E-state index contributed by atoms with van der Waals surface area (Å²) in [7, 11) is -5.16. The number of fused-ring (bicyclic) bond motifs is 1. The van der Waals surface area contributed by atoms with Gasteiger partial charge in [-0.1, -0.05) is 0 Å². The molecule has 9 nitrogen and oxygen atoms in total. The number of nitrogen functional groups attached to an aromatic ring is 1. The van der Waals surface area contributed by atoms with Crippen molar-refractivity contribution in [2.45, 2.75) is 31.4 Å². The molecule has 0 saturated carbocycles. The zero-order chi connectivity index (χ0) is 18.2. The Morgan fingerprint density at radius 2 is 2.00 bits per heavy atom. The Morgan fingerprint density at radius 1 is 1.33 bits per heavy atom. The molecular formula is C11H15F3N5O4P. The average Bonchev–Trinajstić information content (AvgIpc) is 2.80. The van der Waals surface area contributed by atoms with E-state index in [-0.39, 0.29) is 12.4 Å². The number of nitrogens with zero attached hydrogens (tertiary/aromatic N) is 4. The molecule has 24 heavy (non-hydrogen) atoms. The SMILES string of the molecule is CC(CC(F)(F)F)(OCCn1cnc2c(N)ncnc21)P(=O)(O)O. The van der Waals surface area contributed by atoms with Gasteiger partial charge in [0.2, 0.25) is 0 Å². The van der Waals surface area contributed by atoms with Gasteiger partial charge < -0.3 is 24.8 Å². The molecule has 1 unspecified atom stereocenters. The summed E-state index contributed by atoms with van der Waals surface area (Å²) in [5.74, 6) is 0.136. The van der Waals surface area contributed by atoms with Crippen LogP contribution in [-0.4, -0.2) is 47.4 Å². The van der Waals surface area contributed by atoms with Crippen molar-refractivity contribution in [1.82, 2.24) is 19.5 Å². The van der Waals surface area contributed by atoms with Crippen LogP contribution in [0.4, 0.5) is 19.0 Å². The number of halogens is 3. The van der Waals surface area contributed by atoms with E-state index < -0.39 is 32.1 Å². The van der Waals surface area contributed by atoms with Crippen molar-refractivity contribution in [3.05, 3.63) is 12.7 Å². The lowest BCUT2D eigenvalue weighted by molar-refractivity contribution is -0.170. The molecule has 0 fully saturated rings. The first-order valence-electron chi connectivity index (χ1n) is 6.61. The number of anilines is 1. The summed E-state index contributed by atoms with van der Waals surface area (Å²) in [6, 6.07) is 0. The second-order valence-electron chi connectivity index (χ2n) is 5.23. The zero-order valence-electron chi connectivity index (χ0n) is 12.4. The van der Waals surface area contributed by atoms with Crippen LogP contribution in [0, 0.1) is 0 Å². The highest BCUT2D eigenvalue weighted by molar-refractivity contribution is 7.53. The highest BCUT2D eigenvalue weighted by Crippen LogP contribution is 2.55. The number of ether oxygens (including phenoxy) is 1. The van der Waals surface area contributed by atoms with Crippen LogP contribution in [0.15, 0.2) is 12.7 Å². The fraction of sp³-hybridized carbons (Fsp3) is 0.545. The lowest BCUT2D eigenvalue weighted by atomic mass is 10.2. The highest BCUT2D eigenvalue weighted by Gasteiger charge is 2.51. The van der Waals surface area contributed by atoms with Gasteiger partial charge in [0.15, 0.2) is 16.8 Å². The predicted octanol–water partition coefficient (Wildman–Crippen LogP) is 1.27. The minimum Gasteiger partial charge on any atom is -0.382 e. The van der Waals surface area contributed by atoms with Crippen molar-refractivity contribution in [3.63, 3.8) is 0 Å². The Hall–Kier alpha value is -1.75. The van der Waals surface area contributed by atoms with Crippen molar-refractivity contribution >= 4 is 24.6 Å². The maximum Gasteiger partial charge on any atom is 0.392 e. The Morgan fingerprint density at radius 3 is 2.58 bits per heavy atom. The van der Waals surface area contributed by atoms with Gasteiger partial charge in [0, 0.05) is 6.54 Å². The van der Waals surface area contributed by atoms with Crippen LogP contribution >= 0.6 is 7.60 Å². The van der Waals surface area contributed by atoms with Crippen LogP contribution in [0.3, 0.4) is 0 Å². The summed E-state index contributed by atoms with van der Waals surface area (Å²) in [6.45, 7) is 0.306. The molecule has 0 aliphatic rings. The Labute approximate surface area is 133 Å². The van der Waals surface area contributed by atoms with Gasteiger partial charge >= 0.3 is 13.8 Å². The van der Waals surface area contributed by atoms with Gasteiger partial charge in [-0.3, -0.25) is 4.57 Å². The van der Waals surface area contributed by atoms with Crippen LogP contribution < -0.4 is 5.73 Å². The Balaban J connectivity index is 2.12. The third-order valence-corrected chi connectivity index (χ3v) is 4.84. The van der Waals surface area contributed by atoms with Crippen molar-refractivity contribution in [2.75, 3.05) is 12.3 Å². The van der Waals surface area contributed by atoms with E-state index in [1.54, 1.807) is 0 Å². The van der Waals surface area contributed by atoms with E-state index in [0.29, 0.717) is 11.2 Å². The van der Waals surface area contributed by atoms with Gasteiger partial charge in [-0.15, -0.1) is 0 Å². The van der Waals surface area contributed by atoms with Gasteiger partial charge in [0.25, 0.3) is 0 Å². The first-order chi connectivity index (χ1) is 10.9. The molecule has 2 aromatic rings. The van der Waals surface area contributed by atoms with E-state index in [2.05, 4.69) is 15.0 Å². The molecule has 13 heteroatoms. The average molecular weight is 369 g/mol. The molecule has 0 spiro atoms. The molecular weight excluding hydrogens is 354 g/mol. The fourth-order valence-electron chi connectivity index (χ4n) is 2.04. The molecule has 2 rings (SSSR count). The number of hydrogen-bond donors (Lipinski definition) is 3. The minimum atomic E-state index is -5.16. The quantitative estimate of drug-likeness (QED) is 0.648. The zero-order valence-corrected chi connectivity index (χ0v) is 13.3. The van der Waals surface area contributed by atoms with Gasteiger partial charge in [-0.25, -0.2) is 15.0 Å². The summed E-state index contributed by atoms with van der Waals surface area (Å²) in [6.07, 6.45) is -4.04. The number of aromatic nitrogens is 4. The summed E-state index contributed by atoms with van der Waals surface area (Å²) in [5.41, 5.74) is 6.25. The second kappa shape index (κ2) is 6.28. The van der Waals surface area contributed by atoms with E-state index in [1.807, 2.05) is 0 Å². The molecule has 1 atom stereocenters. The molecule has 0 radical (unpaired) electrons.